The van der Waals surface area contributed by atoms with Crippen LogP contribution in [0.2, 0.25) is 0 Å². The van der Waals surface area contributed by atoms with Gasteiger partial charge in [-0.2, -0.15) is 0 Å². The predicted molar refractivity (Wildman–Crippen MR) is 79.7 cm³/mol. The van der Waals surface area contributed by atoms with Crippen molar-refractivity contribution in [3.63, 3.8) is 0 Å². The van der Waals surface area contributed by atoms with Crippen molar-refractivity contribution in [2.24, 2.45) is 0 Å². The number of para-hydroxylation sites is 1. The molecule has 0 aliphatic heterocycles. The Morgan fingerprint density at radius 2 is 1.89 bits per heavy atom. The lowest BCUT2D eigenvalue weighted by Gasteiger charge is -2.28. The summed E-state index contributed by atoms with van der Waals surface area (Å²) < 4.78 is 11.4. The van der Waals surface area contributed by atoms with Crippen molar-refractivity contribution in [3.8, 4) is 5.75 Å². The van der Waals surface area contributed by atoms with Crippen molar-refractivity contribution in [3.05, 3.63) is 29.8 Å². The topological polar surface area (TPSA) is 30.5 Å². The zero-order chi connectivity index (χ0) is 14.1. The molecule has 0 saturated heterocycles. The third kappa shape index (κ3) is 4.51. The van der Waals surface area contributed by atoms with Crippen molar-refractivity contribution in [2.45, 2.75) is 45.8 Å². The number of likely N-dealkylation sites (N-methyl/N-ethyl adjacent to an activating group) is 1. The van der Waals surface area contributed by atoms with E-state index in [9.17, 15) is 0 Å². The molecular formula is C16H27NO2. The molecule has 3 nitrogen and oxygen atoms in total. The highest BCUT2D eigenvalue weighted by Gasteiger charge is 2.24. The van der Waals surface area contributed by atoms with Gasteiger partial charge in [-0.05, 0) is 26.0 Å². The van der Waals surface area contributed by atoms with E-state index in [0.717, 1.165) is 25.1 Å². The molecule has 0 saturated carbocycles. The molecule has 0 fully saturated rings. The van der Waals surface area contributed by atoms with E-state index in [4.69, 9.17) is 9.47 Å². The largest absolute Gasteiger partial charge is 0.494 e. The zero-order valence-corrected chi connectivity index (χ0v) is 12.6. The molecule has 0 radical (unpaired) electrons. The number of hydrogen-bond donors (Lipinski definition) is 1. The van der Waals surface area contributed by atoms with E-state index in [0.29, 0.717) is 6.61 Å². The first kappa shape index (κ1) is 16.0. The van der Waals surface area contributed by atoms with Gasteiger partial charge in [-0.1, -0.05) is 38.5 Å². The normalized spacial score (nSPS) is 14.1. The monoisotopic (exact) mass is 265 g/mol. The summed E-state index contributed by atoms with van der Waals surface area (Å²) in [6.07, 6.45) is 2.32. The van der Waals surface area contributed by atoms with Gasteiger partial charge in [0.15, 0.2) is 0 Å². The quantitative estimate of drug-likeness (QED) is 0.740. The van der Waals surface area contributed by atoms with Gasteiger partial charge in [0, 0.05) is 12.7 Å². The third-order valence-electron chi connectivity index (χ3n) is 3.23. The third-order valence-corrected chi connectivity index (χ3v) is 3.23. The minimum atomic E-state index is 0.173. The highest BCUT2D eigenvalue weighted by molar-refractivity contribution is 5.36. The van der Waals surface area contributed by atoms with Crippen LogP contribution >= 0.6 is 0 Å². The Kier molecular flexibility index (Phi) is 7.53. The molecule has 2 atom stereocenters. The van der Waals surface area contributed by atoms with Crippen molar-refractivity contribution < 1.29 is 9.47 Å². The SMILES string of the molecule is CCCC(OC)C(NCC)c1ccccc1OCC. The van der Waals surface area contributed by atoms with Crippen LogP contribution in [0.5, 0.6) is 5.75 Å². The summed E-state index contributed by atoms with van der Waals surface area (Å²) in [5.41, 5.74) is 1.19. The van der Waals surface area contributed by atoms with Crippen LogP contribution in [0.1, 0.15) is 45.2 Å². The summed E-state index contributed by atoms with van der Waals surface area (Å²) in [4.78, 5) is 0. The number of methoxy groups -OCH3 is 1. The van der Waals surface area contributed by atoms with Crippen LogP contribution < -0.4 is 10.1 Å². The number of benzene rings is 1. The van der Waals surface area contributed by atoms with Crippen molar-refractivity contribution in [2.75, 3.05) is 20.3 Å². The standard InChI is InChI=1S/C16H27NO2/c1-5-10-15(18-4)16(17-6-2)13-11-8-9-12-14(13)19-7-3/h8-9,11-12,15-17H,5-7,10H2,1-4H3. The molecule has 0 bridgehead atoms. The van der Waals surface area contributed by atoms with E-state index < -0.39 is 0 Å². The molecule has 0 aromatic heterocycles. The highest BCUT2D eigenvalue weighted by atomic mass is 16.5. The van der Waals surface area contributed by atoms with Crippen molar-refractivity contribution in [1.82, 2.24) is 5.32 Å². The number of rotatable bonds is 9. The van der Waals surface area contributed by atoms with E-state index >= 15 is 0 Å². The molecule has 0 aliphatic carbocycles. The highest BCUT2D eigenvalue weighted by Crippen LogP contribution is 2.30. The van der Waals surface area contributed by atoms with Crippen molar-refractivity contribution >= 4 is 0 Å². The molecule has 19 heavy (non-hydrogen) atoms. The Morgan fingerprint density at radius 1 is 1.16 bits per heavy atom. The van der Waals surface area contributed by atoms with Gasteiger partial charge in [-0.25, -0.2) is 0 Å². The van der Waals surface area contributed by atoms with Gasteiger partial charge in [0.05, 0.1) is 18.8 Å². The van der Waals surface area contributed by atoms with E-state index in [1.165, 1.54) is 5.56 Å². The molecular weight excluding hydrogens is 238 g/mol. The molecule has 2 unspecified atom stereocenters. The fraction of sp³-hybridized carbons (Fsp3) is 0.625. The van der Waals surface area contributed by atoms with E-state index in [1.807, 2.05) is 19.1 Å². The van der Waals surface area contributed by atoms with Gasteiger partial charge in [0.2, 0.25) is 0 Å². The average Bonchev–Trinajstić information content (AvgIpc) is 2.44. The van der Waals surface area contributed by atoms with Crippen LogP contribution in [0, 0.1) is 0 Å². The molecule has 0 amide bonds. The lowest BCUT2D eigenvalue weighted by molar-refractivity contribution is 0.0601. The molecule has 3 heteroatoms. The number of hydrogen-bond acceptors (Lipinski definition) is 3. The fourth-order valence-electron chi connectivity index (χ4n) is 2.39. The first-order valence-electron chi connectivity index (χ1n) is 7.26. The lowest BCUT2D eigenvalue weighted by atomic mass is 9.97. The summed E-state index contributed by atoms with van der Waals surface area (Å²) in [5.74, 6) is 0.953. The molecule has 1 rings (SSSR count). The van der Waals surface area contributed by atoms with Crippen LogP contribution in [-0.2, 0) is 4.74 Å². The molecule has 108 valence electrons. The maximum atomic E-state index is 5.74. The Balaban J connectivity index is 3.02. The van der Waals surface area contributed by atoms with Gasteiger partial charge in [-0.15, -0.1) is 0 Å². The Morgan fingerprint density at radius 3 is 2.47 bits per heavy atom. The average molecular weight is 265 g/mol. The van der Waals surface area contributed by atoms with Crippen molar-refractivity contribution in [1.29, 1.82) is 0 Å². The Hall–Kier alpha value is -1.06. The van der Waals surface area contributed by atoms with Gasteiger partial charge >= 0.3 is 0 Å². The van der Waals surface area contributed by atoms with Gasteiger partial charge in [-0.3, -0.25) is 0 Å². The number of nitrogens with one attached hydrogen (secondary N) is 1. The maximum Gasteiger partial charge on any atom is 0.124 e. The fourth-order valence-corrected chi connectivity index (χ4v) is 2.39. The van der Waals surface area contributed by atoms with E-state index in [-0.39, 0.29) is 12.1 Å². The second-order valence-corrected chi connectivity index (χ2v) is 4.57. The first-order valence-corrected chi connectivity index (χ1v) is 7.26. The molecule has 1 N–H and O–H groups in total. The molecule has 1 aromatic rings. The zero-order valence-electron chi connectivity index (χ0n) is 12.6. The van der Waals surface area contributed by atoms with Crippen LogP contribution in [0.15, 0.2) is 24.3 Å². The smallest absolute Gasteiger partial charge is 0.124 e. The van der Waals surface area contributed by atoms with Crippen LogP contribution in [0.25, 0.3) is 0 Å². The predicted octanol–water partition coefficient (Wildman–Crippen LogP) is 3.55. The minimum Gasteiger partial charge on any atom is -0.494 e. The lowest BCUT2D eigenvalue weighted by Crippen LogP contribution is -2.33. The summed E-state index contributed by atoms with van der Waals surface area (Å²) in [6, 6.07) is 8.40. The number of ether oxygens (including phenoxy) is 2. The Bertz CT molecular complexity index is 354. The second-order valence-electron chi connectivity index (χ2n) is 4.57. The Labute approximate surface area is 117 Å². The van der Waals surface area contributed by atoms with Crippen LogP contribution in [0.3, 0.4) is 0 Å². The summed E-state index contributed by atoms with van der Waals surface area (Å²) >= 11 is 0. The minimum absolute atomic E-state index is 0.173. The van der Waals surface area contributed by atoms with Gasteiger partial charge in [0.25, 0.3) is 0 Å². The maximum absolute atomic E-state index is 5.74. The molecule has 1 aromatic carbocycles. The second kappa shape index (κ2) is 8.94. The van der Waals surface area contributed by atoms with Crippen LogP contribution in [0.4, 0.5) is 0 Å². The summed E-state index contributed by atoms with van der Waals surface area (Å²) in [6.45, 7) is 7.91. The van der Waals surface area contributed by atoms with E-state index in [2.05, 4.69) is 31.3 Å². The van der Waals surface area contributed by atoms with Gasteiger partial charge < -0.3 is 14.8 Å². The first-order chi connectivity index (χ1) is 9.28. The van der Waals surface area contributed by atoms with E-state index in [1.54, 1.807) is 7.11 Å². The molecule has 0 aliphatic rings. The molecule has 0 spiro atoms. The summed E-state index contributed by atoms with van der Waals surface area (Å²) in [5, 5.41) is 3.53. The van der Waals surface area contributed by atoms with Gasteiger partial charge in [0.1, 0.15) is 5.75 Å². The summed E-state index contributed by atoms with van der Waals surface area (Å²) in [7, 11) is 1.79. The molecule has 0 heterocycles. The van der Waals surface area contributed by atoms with Crippen LogP contribution in [-0.4, -0.2) is 26.4 Å².